The molecule has 2 fully saturated rings. The highest BCUT2D eigenvalue weighted by molar-refractivity contribution is 8.51. The van der Waals surface area contributed by atoms with Crippen LogP contribution in [0.4, 0.5) is 14.5 Å². The van der Waals surface area contributed by atoms with Gasteiger partial charge in [0, 0.05) is 28.4 Å². The van der Waals surface area contributed by atoms with Crippen LogP contribution in [0.15, 0.2) is 89.4 Å². The van der Waals surface area contributed by atoms with Crippen LogP contribution in [0.5, 0.6) is 0 Å². The average molecular weight is 553 g/mol. The van der Waals surface area contributed by atoms with Gasteiger partial charge in [-0.15, -0.1) is 0 Å². The van der Waals surface area contributed by atoms with E-state index in [1.54, 1.807) is 24.3 Å². The number of hydrogen-bond acceptors (Lipinski definition) is 4. The summed E-state index contributed by atoms with van der Waals surface area (Å²) in [5, 5.41) is 13.8. The number of anilines is 1. The van der Waals surface area contributed by atoms with Gasteiger partial charge in [0.1, 0.15) is 11.6 Å². The first-order chi connectivity index (χ1) is 18.4. The van der Waals surface area contributed by atoms with Crippen molar-refractivity contribution >= 4 is 20.6 Å². The smallest absolute Gasteiger partial charge is 0.145 e. The van der Waals surface area contributed by atoms with E-state index in [9.17, 15) is 0 Å². The summed E-state index contributed by atoms with van der Waals surface area (Å²) >= 11 is 0. The standard InChI is InChI=1S/C32H42F2N4S/c1-6-21(2)9-11-26-15-17-39(26,5,36)30-14-13-28(33)31(32(30)34)25-10-12-27(29(35)18-25)22(3)23(4)38-20-24-8-7-16-37-19-24/h6,9-14,18,24,37-39H,1,3-4,7-8,15-17,19-20,35-36H2,2,5H3/b21-9-,26-11-. The highest BCUT2D eigenvalue weighted by Crippen LogP contribution is 2.80. The zero-order chi connectivity index (χ0) is 28.4. The molecular weight excluding hydrogens is 510 g/mol. The molecule has 39 heavy (non-hydrogen) atoms. The Bertz CT molecular complexity index is 1380. The third-order valence-electron chi connectivity index (χ3n) is 8.38. The molecule has 2 heterocycles. The van der Waals surface area contributed by atoms with E-state index in [2.05, 4.69) is 30.4 Å². The van der Waals surface area contributed by atoms with Crippen molar-refractivity contribution in [1.82, 2.24) is 10.6 Å². The summed E-state index contributed by atoms with van der Waals surface area (Å²) in [4.78, 5) is 1.40. The molecule has 0 saturated carbocycles. The fourth-order valence-electron chi connectivity index (χ4n) is 5.48. The van der Waals surface area contributed by atoms with Gasteiger partial charge in [-0.25, -0.2) is 18.1 Å². The van der Waals surface area contributed by atoms with Crippen LogP contribution in [0.1, 0.15) is 31.7 Å². The van der Waals surface area contributed by atoms with Crippen LogP contribution >= 0.6 is 9.35 Å². The van der Waals surface area contributed by atoms with Gasteiger partial charge in [-0.2, -0.15) is 0 Å². The maximum Gasteiger partial charge on any atom is 0.145 e. The topological polar surface area (TPSA) is 76.1 Å². The quantitative estimate of drug-likeness (QED) is 0.137. The Hall–Kier alpha value is -3.13. The molecule has 0 aliphatic carbocycles. The lowest BCUT2D eigenvalue weighted by Gasteiger charge is -2.65. The minimum absolute atomic E-state index is 0.113. The number of thiol groups is 1. The number of nitrogens with one attached hydrogen (secondary N) is 2. The third-order valence-corrected chi connectivity index (χ3v) is 13.4. The summed E-state index contributed by atoms with van der Waals surface area (Å²) in [7, 11) is -3.22. The average Bonchev–Trinajstić information content (AvgIpc) is 2.91. The van der Waals surface area contributed by atoms with Crippen molar-refractivity contribution in [2.24, 2.45) is 11.1 Å². The van der Waals surface area contributed by atoms with Gasteiger partial charge in [-0.05, 0) is 91.4 Å². The number of benzene rings is 2. The molecule has 0 amide bonds. The van der Waals surface area contributed by atoms with Crippen LogP contribution < -0.4 is 21.5 Å². The molecule has 0 radical (unpaired) electrons. The molecule has 0 spiro atoms. The molecule has 6 N–H and O–H groups in total. The van der Waals surface area contributed by atoms with Crippen LogP contribution in [0.2, 0.25) is 0 Å². The minimum atomic E-state index is -3.22. The van der Waals surface area contributed by atoms with Crippen molar-refractivity contribution in [3.05, 3.63) is 102 Å². The van der Waals surface area contributed by atoms with Gasteiger partial charge in [0.15, 0.2) is 0 Å². The van der Waals surface area contributed by atoms with Gasteiger partial charge < -0.3 is 21.5 Å². The van der Waals surface area contributed by atoms with Crippen LogP contribution in [0.25, 0.3) is 16.7 Å². The lowest BCUT2D eigenvalue weighted by atomic mass is 9.96. The molecule has 1 atom stereocenters. The highest BCUT2D eigenvalue weighted by Gasteiger charge is 2.47. The van der Waals surface area contributed by atoms with E-state index in [0.29, 0.717) is 44.7 Å². The van der Waals surface area contributed by atoms with E-state index in [4.69, 9.17) is 10.9 Å². The summed E-state index contributed by atoms with van der Waals surface area (Å²) in [5.41, 5.74) is 10.0. The van der Waals surface area contributed by atoms with Gasteiger partial charge in [0.25, 0.3) is 0 Å². The SMILES string of the molecule is C=C/C(C)=C\C=C1\CC[SH]1(C)(N)c1ccc(F)c(-c2ccc(C(=C)C(=C)NCC3CCCNC3)c(N)c2)c1F. The fourth-order valence-corrected chi connectivity index (χ4v) is 9.08. The maximum atomic E-state index is 16.2. The number of piperidine rings is 1. The molecule has 2 aromatic carbocycles. The molecule has 1 unspecified atom stereocenters. The van der Waals surface area contributed by atoms with Crippen molar-refractivity contribution in [2.45, 2.75) is 31.1 Å². The second-order valence-corrected chi connectivity index (χ2v) is 16.5. The maximum absolute atomic E-state index is 16.2. The molecule has 2 aliphatic rings. The van der Waals surface area contributed by atoms with Crippen LogP contribution in [0.3, 0.4) is 0 Å². The largest absolute Gasteiger partial charge is 0.398 e. The summed E-state index contributed by atoms with van der Waals surface area (Å²) in [6.07, 6.45) is 10.8. The van der Waals surface area contributed by atoms with Crippen molar-refractivity contribution < 1.29 is 8.78 Å². The van der Waals surface area contributed by atoms with E-state index in [0.717, 1.165) is 43.0 Å². The van der Waals surface area contributed by atoms with Crippen molar-refractivity contribution in [2.75, 3.05) is 37.4 Å². The number of nitrogen functional groups attached to an aromatic ring is 1. The van der Waals surface area contributed by atoms with Crippen LogP contribution in [0, 0.1) is 17.6 Å². The number of hydrogen-bond donors (Lipinski definition) is 5. The zero-order valence-electron chi connectivity index (χ0n) is 23.1. The molecule has 7 heteroatoms. The first-order valence-corrected chi connectivity index (χ1v) is 16.4. The summed E-state index contributed by atoms with van der Waals surface area (Å²) in [6, 6.07) is 7.86. The number of halogens is 2. The first-order valence-electron chi connectivity index (χ1n) is 13.5. The van der Waals surface area contributed by atoms with Crippen LogP contribution in [-0.4, -0.2) is 31.6 Å². The lowest BCUT2D eigenvalue weighted by Crippen LogP contribution is -2.41. The van der Waals surface area contributed by atoms with E-state index >= 15 is 8.78 Å². The Balaban J connectivity index is 1.62. The molecule has 4 rings (SSSR count). The Morgan fingerprint density at radius 1 is 1.23 bits per heavy atom. The third kappa shape index (κ3) is 5.62. The number of nitrogens with two attached hydrogens (primary N) is 2. The second-order valence-electron chi connectivity index (χ2n) is 11.2. The Morgan fingerprint density at radius 3 is 2.62 bits per heavy atom. The second kappa shape index (κ2) is 11.2. The molecule has 0 bridgehead atoms. The number of rotatable bonds is 9. The Kier molecular flexibility index (Phi) is 8.26. The normalized spacial score (nSPS) is 22.3. The number of allylic oxidation sites excluding steroid dienone is 6. The van der Waals surface area contributed by atoms with E-state index in [1.807, 2.05) is 25.3 Å². The van der Waals surface area contributed by atoms with Crippen molar-refractivity contribution in [1.29, 1.82) is 0 Å². The van der Waals surface area contributed by atoms with Gasteiger partial charge in [0.05, 0.1) is 5.56 Å². The van der Waals surface area contributed by atoms with Gasteiger partial charge >= 0.3 is 0 Å². The molecule has 2 saturated heterocycles. The Morgan fingerprint density at radius 2 is 2.00 bits per heavy atom. The summed E-state index contributed by atoms with van der Waals surface area (Å²) in [6.45, 7) is 16.9. The van der Waals surface area contributed by atoms with E-state index in [1.165, 1.54) is 18.6 Å². The molecule has 2 aromatic rings. The highest BCUT2D eigenvalue weighted by atomic mass is 32.3. The first kappa shape index (κ1) is 28.9. The summed E-state index contributed by atoms with van der Waals surface area (Å²) in [5.74, 6) is -0.0644. The molecule has 210 valence electrons. The lowest BCUT2D eigenvalue weighted by molar-refractivity contribution is 0.371. The Labute approximate surface area is 232 Å². The predicted molar refractivity (Wildman–Crippen MR) is 167 cm³/mol. The van der Waals surface area contributed by atoms with E-state index < -0.39 is 21.0 Å². The predicted octanol–water partition coefficient (Wildman–Crippen LogP) is 6.69. The summed E-state index contributed by atoms with van der Waals surface area (Å²) < 4.78 is 31.3. The molecule has 4 nitrogen and oxygen atoms in total. The molecule has 0 aromatic heterocycles. The van der Waals surface area contributed by atoms with Crippen molar-refractivity contribution in [3.8, 4) is 11.1 Å². The molecular formula is C32H42F2N4S. The zero-order valence-corrected chi connectivity index (χ0v) is 24.0. The van der Waals surface area contributed by atoms with E-state index in [-0.39, 0.29) is 5.56 Å². The van der Waals surface area contributed by atoms with Crippen molar-refractivity contribution in [3.63, 3.8) is 0 Å². The minimum Gasteiger partial charge on any atom is -0.398 e. The fraction of sp³-hybridized carbons (Fsp3) is 0.312. The van der Waals surface area contributed by atoms with Crippen LogP contribution in [-0.2, 0) is 0 Å². The van der Waals surface area contributed by atoms with Gasteiger partial charge in [0.2, 0.25) is 0 Å². The van der Waals surface area contributed by atoms with Gasteiger partial charge in [-0.1, -0.05) is 55.7 Å². The molecule has 2 aliphatic heterocycles. The monoisotopic (exact) mass is 552 g/mol. The van der Waals surface area contributed by atoms with Gasteiger partial charge in [-0.3, -0.25) is 0 Å².